The van der Waals surface area contributed by atoms with E-state index in [1.54, 1.807) is 4.68 Å². The summed E-state index contributed by atoms with van der Waals surface area (Å²) in [6.07, 6.45) is 0.279. The molecule has 0 aromatic carbocycles. The lowest BCUT2D eigenvalue weighted by Crippen LogP contribution is -2.42. The molecule has 0 bridgehead atoms. The minimum absolute atomic E-state index is 0.279. The number of carbonyl (C=O) groups excluding carboxylic acids is 1. The van der Waals surface area contributed by atoms with E-state index in [0.29, 0.717) is 11.6 Å². The number of primary amides is 1. The fourth-order valence-electron chi connectivity index (χ4n) is 1.69. The van der Waals surface area contributed by atoms with Crippen LogP contribution in [0.2, 0.25) is 5.02 Å². The molecule has 0 fully saturated rings. The van der Waals surface area contributed by atoms with Gasteiger partial charge in [0, 0.05) is 25.6 Å². The number of aryl methyl sites for hydroxylation is 2. The highest BCUT2D eigenvalue weighted by Crippen LogP contribution is 2.20. The molecule has 1 aromatic rings. The Morgan fingerprint density at radius 3 is 2.59 bits per heavy atom. The Bertz CT molecular complexity index is 425. The second-order valence-corrected chi connectivity index (χ2v) is 5.23. The number of carbonyl (C=O) groups is 1. The van der Waals surface area contributed by atoms with Crippen LogP contribution in [0.25, 0.3) is 0 Å². The Morgan fingerprint density at radius 1 is 1.59 bits per heavy atom. The van der Waals surface area contributed by atoms with Crippen LogP contribution in [0.1, 0.15) is 31.7 Å². The molecule has 1 aromatic heterocycles. The molecule has 3 N–H and O–H groups in total. The Hall–Kier alpha value is -1.07. The van der Waals surface area contributed by atoms with Crippen molar-refractivity contribution in [3.05, 3.63) is 16.4 Å². The van der Waals surface area contributed by atoms with Gasteiger partial charge in [-0.05, 0) is 20.8 Å². The number of rotatable bonds is 5. The third kappa shape index (κ3) is 3.71. The average Bonchev–Trinajstić information content (AvgIpc) is 2.37. The largest absolute Gasteiger partial charge is 0.370 e. The van der Waals surface area contributed by atoms with Crippen LogP contribution in [-0.2, 0) is 18.4 Å². The molecule has 96 valence electrons. The van der Waals surface area contributed by atoms with E-state index >= 15 is 0 Å². The average molecular weight is 259 g/mol. The number of nitrogens with two attached hydrogens (primary N) is 1. The molecule has 17 heavy (non-hydrogen) atoms. The van der Waals surface area contributed by atoms with Gasteiger partial charge < -0.3 is 11.1 Å². The summed E-state index contributed by atoms with van der Waals surface area (Å²) in [6, 6.07) is 0. The number of nitrogens with one attached hydrogen (secondary N) is 1. The van der Waals surface area contributed by atoms with Crippen molar-refractivity contribution in [2.75, 3.05) is 0 Å². The standard InChI is InChI=1S/C11H19ClN4O/c1-7-10(12)8(16(4)15-7)6-14-11(2,3)5-9(13)17/h14H,5-6H2,1-4H3,(H2,13,17). The number of hydrogen-bond acceptors (Lipinski definition) is 3. The van der Waals surface area contributed by atoms with E-state index in [1.165, 1.54) is 0 Å². The van der Waals surface area contributed by atoms with Gasteiger partial charge in [0.2, 0.25) is 5.91 Å². The van der Waals surface area contributed by atoms with Gasteiger partial charge in [-0.15, -0.1) is 0 Å². The molecule has 1 rings (SSSR count). The molecule has 1 amide bonds. The number of halogens is 1. The van der Waals surface area contributed by atoms with E-state index in [0.717, 1.165) is 11.4 Å². The third-order valence-corrected chi connectivity index (χ3v) is 3.10. The molecule has 0 atom stereocenters. The minimum Gasteiger partial charge on any atom is -0.370 e. The van der Waals surface area contributed by atoms with Crippen LogP contribution < -0.4 is 11.1 Å². The quantitative estimate of drug-likeness (QED) is 0.832. The van der Waals surface area contributed by atoms with E-state index in [4.69, 9.17) is 17.3 Å². The van der Waals surface area contributed by atoms with Crippen molar-refractivity contribution in [1.29, 1.82) is 0 Å². The summed E-state index contributed by atoms with van der Waals surface area (Å²) in [5, 5.41) is 8.14. The highest BCUT2D eigenvalue weighted by atomic mass is 35.5. The van der Waals surface area contributed by atoms with E-state index in [2.05, 4.69) is 10.4 Å². The van der Waals surface area contributed by atoms with E-state index in [-0.39, 0.29) is 17.9 Å². The maximum absolute atomic E-state index is 10.9. The number of nitrogens with zero attached hydrogens (tertiary/aromatic N) is 2. The first-order valence-corrected chi connectivity index (χ1v) is 5.82. The number of hydrogen-bond donors (Lipinski definition) is 2. The van der Waals surface area contributed by atoms with Gasteiger partial charge in [0.05, 0.1) is 16.4 Å². The van der Waals surface area contributed by atoms with Crippen LogP contribution in [0.15, 0.2) is 0 Å². The van der Waals surface area contributed by atoms with Gasteiger partial charge in [-0.1, -0.05) is 11.6 Å². The predicted molar refractivity (Wildman–Crippen MR) is 67.7 cm³/mol. The summed E-state index contributed by atoms with van der Waals surface area (Å²) in [4.78, 5) is 10.9. The Labute approximate surface area is 106 Å². The first-order chi connectivity index (χ1) is 7.73. The van der Waals surface area contributed by atoms with Crippen LogP contribution in [0.5, 0.6) is 0 Å². The van der Waals surface area contributed by atoms with Crippen LogP contribution >= 0.6 is 11.6 Å². The minimum atomic E-state index is -0.354. The number of aromatic nitrogens is 2. The fraction of sp³-hybridized carbons (Fsp3) is 0.636. The van der Waals surface area contributed by atoms with Crippen molar-refractivity contribution in [2.24, 2.45) is 12.8 Å². The lowest BCUT2D eigenvalue weighted by molar-refractivity contribution is -0.119. The molecule has 0 unspecified atom stereocenters. The zero-order valence-corrected chi connectivity index (χ0v) is 11.4. The van der Waals surface area contributed by atoms with Crippen molar-refractivity contribution < 1.29 is 4.79 Å². The molecule has 0 aliphatic carbocycles. The summed E-state index contributed by atoms with van der Waals surface area (Å²) in [5.41, 5.74) is 6.54. The fourth-order valence-corrected chi connectivity index (χ4v) is 1.92. The molecule has 0 aliphatic heterocycles. The smallest absolute Gasteiger partial charge is 0.219 e. The summed E-state index contributed by atoms with van der Waals surface area (Å²) in [5.74, 6) is -0.324. The van der Waals surface area contributed by atoms with Crippen molar-refractivity contribution >= 4 is 17.5 Å². The SMILES string of the molecule is Cc1nn(C)c(CNC(C)(C)CC(N)=O)c1Cl. The van der Waals surface area contributed by atoms with Gasteiger partial charge in [-0.3, -0.25) is 9.48 Å². The van der Waals surface area contributed by atoms with Gasteiger partial charge in [0.1, 0.15) is 0 Å². The lowest BCUT2D eigenvalue weighted by Gasteiger charge is -2.24. The van der Waals surface area contributed by atoms with Crippen LogP contribution in [0.3, 0.4) is 0 Å². The molecule has 0 spiro atoms. The van der Waals surface area contributed by atoms with Gasteiger partial charge in [-0.25, -0.2) is 0 Å². The summed E-state index contributed by atoms with van der Waals surface area (Å²) < 4.78 is 1.74. The maximum atomic E-state index is 10.9. The van der Waals surface area contributed by atoms with E-state index in [9.17, 15) is 4.79 Å². The van der Waals surface area contributed by atoms with Crippen molar-refractivity contribution in [3.8, 4) is 0 Å². The van der Waals surface area contributed by atoms with Gasteiger partial charge >= 0.3 is 0 Å². The zero-order valence-electron chi connectivity index (χ0n) is 10.7. The van der Waals surface area contributed by atoms with Gasteiger partial charge in [-0.2, -0.15) is 5.10 Å². The Morgan fingerprint density at radius 2 is 2.18 bits per heavy atom. The van der Waals surface area contributed by atoms with Crippen molar-refractivity contribution in [3.63, 3.8) is 0 Å². The summed E-state index contributed by atoms with van der Waals surface area (Å²) in [7, 11) is 1.84. The summed E-state index contributed by atoms with van der Waals surface area (Å²) >= 11 is 6.13. The first kappa shape index (κ1) is 14.0. The monoisotopic (exact) mass is 258 g/mol. The van der Waals surface area contributed by atoms with Gasteiger partial charge in [0.25, 0.3) is 0 Å². The molecular weight excluding hydrogens is 240 g/mol. The Kier molecular flexibility index (Phi) is 4.16. The second kappa shape index (κ2) is 5.06. The maximum Gasteiger partial charge on any atom is 0.219 e. The molecule has 0 saturated heterocycles. The highest BCUT2D eigenvalue weighted by molar-refractivity contribution is 6.31. The molecular formula is C11H19ClN4O. The predicted octanol–water partition coefficient (Wildman–Crippen LogP) is 1.13. The first-order valence-electron chi connectivity index (χ1n) is 5.44. The number of amides is 1. The van der Waals surface area contributed by atoms with Crippen molar-refractivity contribution in [2.45, 2.75) is 39.3 Å². The zero-order chi connectivity index (χ0) is 13.2. The third-order valence-electron chi connectivity index (χ3n) is 2.61. The second-order valence-electron chi connectivity index (χ2n) is 4.85. The summed E-state index contributed by atoms with van der Waals surface area (Å²) in [6.45, 7) is 6.26. The van der Waals surface area contributed by atoms with E-state index in [1.807, 2.05) is 27.8 Å². The van der Waals surface area contributed by atoms with E-state index < -0.39 is 0 Å². The topological polar surface area (TPSA) is 72.9 Å². The van der Waals surface area contributed by atoms with Crippen LogP contribution in [0, 0.1) is 6.92 Å². The van der Waals surface area contributed by atoms with Gasteiger partial charge in [0.15, 0.2) is 0 Å². The molecule has 1 heterocycles. The van der Waals surface area contributed by atoms with Crippen molar-refractivity contribution in [1.82, 2.24) is 15.1 Å². The molecule has 5 nitrogen and oxygen atoms in total. The van der Waals surface area contributed by atoms with Crippen LogP contribution in [-0.4, -0.2) is 21.2 Å². The molecule has 0 aliphatic rings. The molecule has 0 saturated carbocycles. The molecule has 6 heteroatoms. The normalized spacial score (nSPS) is 11.8. The lowest BCUT2D eigenvalue weighted by atomic mass is 10.0. The Balaban J connectivity index is 2.70. The van der Waals surface area contributed by atoms with Crippen LogP contribution in [0.4, 0.5) is 0 Å². The molecule has 0 radical (unpaired) electrons. The highest BCUT2D eigenvalue weighted by Gasteiger charge is 2.21.